The quantitative estimate of drug-likeness (QED) is 0.934. The Kier molecular flexibility index (Phi) is 4.81. The van der Waals surface area contributed by atoms with Crippen LogP contribution in [0, 0.1) is 6.92 Å². The highest BCUT2D eigenvalue weighted by Gasteiger charge is 2.28. The van der Waals surface area contributed by atoms with Crippen LogP contribution in [-0.2, 0) is 0 Å². The smallest absolute Gasteiger partial charge is 0.150 e. The van der Waals surface area contributed by atoms with Crippen molar-refractivity contribution < 1.29 is 0 Å². The van der Waals surface area contributed by atoms with E-state index in [2.05, 4.69) is 34.0 Å². The van der Waals surface area contributed by atoms with Crippen molar-refractivity contribution in [1.29, 1.82) is 0 Å². The third-order valence-electron chi connectivity index (χ3n) is 4.20. The van der Waals surface area contributed by atoms with E-state index < -0.39 is 0 Å². The molecule has 0 amide bonds. The summed E-state index contributed by atoms with van der Waals surface area (Å²) in [7, 11) is 0. The maximum atomic E-state index is 4.75. The maximum absolute atomic E-state index is 4.75. The van der Waals surface area contributed by atoms with Crippen molar-refractivity contribution in [1.82, 2.24) is 24.8 Å². The predicted octanol–water partition coefficient (Wildman–Crippen LogP) is 3.25. The molecule has 2 aromatic heterocycles. The van der Waals surface area contributed by atoms with Gasteiger partial charge in [-0.3, -0.25) is 9.88 Å². The zero-order chi connectivity index (χ0) is 16.2. The summed E-state index contributed by atoms with van der Waals surface area (Å²) < 4.78 is 0. The lowest BCUT2D eigenvalue weighted by molar-refractivity contribution is 0.106. The number of hydrogen-bond acceptors (Lipinski definition) is 6. The lowest BCUT2D eigenvalue weighted by Gasteiger charge is -2.37. The standard InChI is InChI=1S/C17H24N6/c1-12(2)23-9-5-4-6-14(23)17-20-13(3)10-15(22-17)21-16-11-18-7-8-19-16/h7-8,10-12,14H,4-6,9H2,1-3H3,(H,19,20,21,22). The van der Waals surface area contributed by atoms with Crippen LogP contribution >= 0.6 is 0 Å². The van der Waals surface area contributed by atoms with E-state index in [0.717, 1.165) is 30.3 Å². The van der Waals surface area contributed by atoms with Crippen molar-refractivity contribution in [2.45, 2.75) is 52.1 Å². The van der Waals surface area contributed by atoms with E-state index in [1.165, 1.54) is 12.8 Å². The molecule has 23 heavy (non-hydrogen) atoms. The summed E-state index contributed by atoms with van der Waals surface area (Å²) >= 11 is 0. The second-order valence-electron chi connectivity index (χ2n) is 6.31. The van der Waals surface area contributed by atoms with Gasteiger partial charge in [-0.25, -0.2) is 15.0 Å². The van der Waals surface area contributed by atoms with E-state index in [1.54, 1.807) is 18.6 Å². The van der Waals surface area contributed by atoms with Gasteiger partial charge in [0.2, 0.25) is 0 Å². The van der Waals surface area contributed by atoms with E-state index >= 15 is 0 Å². The highest BCUT2D eigenvalue weighted by molar-refractivity contribution is 5.50. The lowest BCUT2D eigenvalue weighted by atomic mass is 9.99. The Morgan fingerprint density at radius 3 is 2.78 bits per heavy atom. The van der Waals surface area contributed by atoms with Crippen LogP contribution in [0.5, 0.6) is 0 Å². The number of nitrogens with zero attached hydrogens (tertiary/aromatic N) is 5. The first-order valence-corrected chi connectivity index (χ1v) is 8.28. The average Bonchev–Trinajstić information content (AvgIpc) is 2.55. The molecule has 1 N–H and O–H groups in total. The van der Waals surface area contributed by atoms with Crippen LogP contribution in [-0.4, -0.2) is 37.4 Å². The van der Waals surface area contributed by atoms with E-state index in [0.29, 0.717) is 17.9 Å². The lowest BCUT2D eigenvalue weighted by Crippen LogP contribution is -2.39. The third kappa shape index (κ3) is 3.82. The summed E-state index contributed by atoms with van der Waals surface area (Å²) in [6.45, 7) is 7.61. The van der Waals surface area contributed by atoms with Crippen LogP contribution in [0.1, 0.15) is 50.7 Å². The van der Waals surface area contributed by atoms with E-state index in [1.807, 2.05) is 13.0 Å². The Morgan fingerprint density at radius 1 is 1.17 bits per heavy atom. The molecule has 0 saturated carbocycles. The highest BCUT2D eigenvalue weighted by Crippen LogP contribution is 2.31. The van der Waals surface area contributed by atoms with E-state index in [-0.39, 0.29) is 0 Å². The van der Waals surface area contributed by atoms with E-state index in [9.17, 15) is 0 Å². The Hall–Kier alpha value is -2.08. The van der Waals surface area contributed by atoms with Gasteiger partial charge in [0.25, 0.3) is 0 Å². The molecule has 1 saturated heterocycles. The van der Waals surface area contributed by atoms with Crippen molar-refractivity contribution in [3.63, 3.8) is 0 Å². The normalized spacial score (nSPS) is 19.0. The van der Waals surface area contributed by atoms with Crippen LogP contribution < -0.4 is 5.32 Å². The fourth-order valence-corrected chi connectivity index (χ4v) is 3.15. The number of rotatable bonds is 4. The van der Waals surface area contributed by atoms with Gasteiger partial charge < -0.3 is 5.32 Å². The minimum Gasteiger partial charge on any atom is -0.324 e. The molecule has 3 heterocycles. The molecule has 0 aromatic carbocycles. The van der Waals surface area contributed by atoms with Crippen LogP contribution in [0.4, 0.5) is 11.6 Å². The maximum Gasteiger partial charge on any atom is 0.150 e. The molecule has 6 nitrogen and oxygen atoms in total. The molecule has 1 fully saturated rings. The van der Waals surface area contributed by atoms with Crippen LogP contribution in [0.3, 0.4) is 0 Å². The molecule has 1 unspecified atom stereocenters. The van der Waals surface area contributed by atoms with Crippen molar-refractivity contribution >= 4 is 11.6 Å². The van der Waals surface area contributed by atoms with Crippen LogP contribution in [0.2, 0.25) is 0 Å². The molecule has 122 valence electrons. The Bertz CT molecular complexity index is 643. The summed E-state index contributed by atoms with van der Waals surface area (Å²) in [6, 6.07) is 2.74. The van der Waals surface area contributed by atoms with Gasteiger partial charge >= 0.3 is 0 Å². The molecular weight excluding hydrogens is 288 g/mol. The summed E-state index contributed by atoms with van der Waals surface area (Å²) in [4.78, 5) is 20.3. The Morgan fingerprint density at radius 2 is 2.04 bits per heavy atom. The van der Waals surface area contributed by atoms with Crippen molar-refractivity contribution in [2.75, 3.05) is 11.9 Å². The first-order chi connectivity index (χ1) is 11.1. The number of aryl methyl sites for hydroxylation is 1. The second kappa shape index (κ2) is 7.00. The van der Waals surface area contributed by atoms with Crippen LogP contribution in [0.15, 0.2) is 24.7 Å². The zero-order valence-corrected chi connectivity index (χ0v) is 14.0. The first-order valence-electron chi connectivity index (χ1n) is 8.28. The number of piperidine rings is 1. The van der Waals surface area contributed by atoms with Gasteiger partial charge in [-0.15, -0.1) is 0 Å². The topological polar surface area (TPSA) is 66.8 Å². The molecule has 6 heteroatoms. The van der Waals surface area contributed by atoms with Gasteiger partial charge in [-0.2, -0.15) is 0 Å². The van der Waals surface area contributed by atoms with Crippen molar-refractivity contribution in [2.24, 2.45) is 0 Å². The predicted molar refractivity (Wildman–Crippen MR) is 90.5 cm³/mol. The van der Waals surface area contributed by atoms with Gasteiger partial charge in [0.15, 0.2) is 0 Å². The molecule has 1 aliphatic rings. The van der Waals surface area contributed by atoms with Gasteiger partial charge in [0.05, 0.1) is 12.2 Å². The summed E-state index contributed by atoms with van der Waals surface area (Å²) in [6.07, 6.45) is 8.62. The van der Waals surface area contributed by atoms with E-state index in [4.69, 9.17) is 9.97 Å². The summed E-state index contributed by atoms with van der Waals surface area (Å²) in [5, 5.41) is 3.23. The molecule has 0 spiro atoms. The molecular formula is C17H24N6. The number of aromatic nitrogens is 4. The fourth-order valence-electron chi connectivity index (χ4n) is 3.15. The Labute approximate surface area is 137 Å². The van der Waals surface area contributed by atoms with Crippen molar-refractivity contribution in [3.05, 3.63) is 36.2 Å². The largest absolute Gasteiger partial charge is 0.324 e. The number of anilines is 2. The minimum absolute atomic E-state index is 0.297. The zero-order valence-electron chi connectivity index (χ0n) is 14.0. The fraction of sp³-hybridized carbons (Fsp3) is 0.529. The van der Waals surface area contributed by atoms with Gasteiger partial charge in [0, 0.05) is 30.2 Å². The minimum atomic E-state index is 0.297. The highest BCUT2D eigenvalue weighted by atomic mass is 15.2. The molecule has 0 aliphatic carbocycles. The first kappa shape index (κ1) is 15.8. The molecule has 1 aliphatic heterocycles. The van der Waals surface area contributed by atoms with Gasteiger partial charge in [-0.1, -0.05) is 6.42 Å². The second-order valence-corrected chi connectivity index (χ2v) is 6.31. The molecule has 0 bridgehead atoms. The van der Waals surface area contributed by atoms with Crippen molar-refractivity contribution in [3.8, 4) is 0 Å². The SMILES string of the molecule is Cc1cc(Nc2cnccn2)nc(C2CCCCN2C(C)C)n1. The average molecular weight is 312 g/mol. The van der Waals surface area contributed by atoms with Crippen LogP contribution in [0.25, 0.3) is 0 Å². The molecule has 1 atom stereocenters. The number of likely N-dealkylation sites (tertiary alicyclic amines) is 1. The third-order valence-corrected chi connectivity index (χ3v) is 4.20. The number of hydrogen-bond donors (Lipinski definition) is 1. The van der Waals surface area contributed by atoms with Gasteiger partial charge in [-0.05, 0) is 40.2 Å². The summed E-state index contributed by atoms with van der Waals surface area (Å²) in [5.74, 6) is 2.38. The molecule has 3 rings (SSSR count). The van der Waals surface area contributed by atoms with Gasteiger partial charge in [0.1, 0.15) is 17.5 Å². The Balaban J connectivity index is 1.87. The monoisotopic (exact) mass is 312 g/mol. The molecule has 0 radical (unpaired) electrons. The summed E-state index contributed by atoms with van der Waals surface area (Å²) in [5.41, 5.74) is 0.968. The number of nitrogens with one attached hydrogen (secondary N) is 1. The molecule has 2 aromatic rings.